The normalized spacial score (nSPS) is 26.6. The SMILES string of the molecule is O[C@H]1C[C@H](Oc2ccc(Br)nc2)C1. The molecule has 0 atom stereocenters. The van der Waals surface area contributed by atoms with Crippen LogP contribution in [0.2, 0.25) is 0 Å². The van der Waals surface area contributed by atoms with Crippen LogP contribution in [0.4, 0.5) is 0 Å². The second-order valence-electron chi connectivity index (χ2n) is 3.18. The molecule has 1 aromatic rings. The van der Waals surface area contributed by atoms with Crippen LogP contribution in [-0.4, -0.2) is 22.3 Å². The smallest absolute Gasteiger partial charge is 0.138 e. The van der Waals surface area contributed by atoms with Crippen LogP contribution in [0, 0.1) is 0 Å². The summed E-state index contributed by atoms with van der Waals surface area (Å²) < 4.78 is 6.33. The van der Waals surface area contributed by atoms with Gasteiger partial charge in [-0.1, -0.05) is 0 Å². The molecule has 0 aromatic carbocycles. The van der Waals surface area contributed by atoms with Crippen LogP contribution in [0.25, 0.3) is 0 Å². The lowest BCUT2D eigenvalue weighted by molar-refractivity contribution is -0.0109. The number of aliphatic hydroxyl groups is 1. The fourth-order valence-corrected chi connectivity index (χ4v) is 1.49. The number of rotatable bonds is 2. The summed E-state index contributed by atoms with van der Waals surface area (Å²) in [5.41, 5.74) is 0. The van der Waals surface area contributed by atoms with Gasteiger partial charge in [0.05, 0.1) is 12.3 Å². The Balaban J connectivity index is 1.91. The highest BCUT2D eigenvalue weighted by atomic mass is 79.9. The minimum Gasteiger partial charge on any atom is -0.489 e. The molecule has 4 heteroatoms. The summed E-state index contributed by atoms with van der Waals surface area (Å²) in [5.74, 6) is 0.764. The molecule has 0 spiro atoms. The predicted molar refractivity (Wildman–Crippen MR) is 51.6 cm³/mol. The van der Waals surface area contributed by atoms with Crippen molar-refractivity contribution in [2.24, 2.45) is 0 Å². The standard InChI is InChI=1S/C9H10BrNO2/c10-9-2-1-7(5-11-9)13-8-3-6(12)4-8/h1-2,5-6,8,12H,3-4H2/t6-,8-. The number of pyridine rings is 1. The first kappa shape index (κ1) is 8.97. The van der Waals surface area contributed by atoms with Crippen LogP contribution in [0.15, 0.2) is 22.9 Å². The van der Waals surface area contributed by atoms with Gasteiger partial charge in [0.2, 0.25) is 0 Å². The number of ether oxygens (including phenoxy) is 1. The van der Waals surface area contributed by atoms with Crippen LogP contribution < -0.4 is 4.74 Å². The third-order valence-corrected chi connectivity index (χ3v) is 2.54. The summed E-state index contributed by atoms with van der Waals surface area (Å²) >= 11 is 3.25. The van der Waals surface area contributed by atoms with Crippen LogP contribution in [-0.2, 0) is 0 Å². The highest BCUT2D eigenvalue weighted by Gasteiger charge is 2.28. The van der Waals surface area contributed by atoms with E-state index in [4.69, 9.17) is 9.84 Å². The van der Waals surface area contributed by atoms with Crippen molar-refractivity contribution in [3.8, 4) is 5.75 Å². The molecular weight excluding hydrogens is 234 g/mol. The van der Waals surface area contributed by atoms with Crippen molar-refractivity contribution in [1.82, 2.24) is 4.98 Å². The van der Waals surface area contributed by atoms with Crippen LogP contribution in [0.5, 0.6) is 5.75 Å². The third kappa shape index (κ3) is 2.19. The van der Waals surface area contributed by atoms with Crippen molar-refractivity contribution >= 4 is 15.9 Å². The minimum atomic E-state index is -0.173. The second-order valence-corrected chi connectivity index (χ2v) is 3.99. The van der Waals surface area contributed by atoms with Crippen LogP contribution in [0.3, 0.4) is 0 Å². The first-order valence-corrected chi connectivity index (χ1v) is 4.99. The Morgan fingerprint density at radius 1 is 1.46 bits per heavy atom. The lowest BCUT2D eigenvalue weighted by atomic mass is 9.92. The molecule has 1 heterocycles. The Kier molecular flexibility index (Phi) is 2.51. The number of nitrogens with zero attached hydrogens (tertiary/aromatic N) is 1. The zero-order valence-corrected chi connectivity index (χ0v) is 8.57. The van der Waals surface area contributed by atoms with Crippen LogP contribution in [0.1, 0.15) is 12.8 Å². The molecule has 1 saturated carbocycles. The topological polar surface area (TPSA) is 42.4 Å². The molecule has 0 unspecified atom stereocenters. The van der Waals surface area contributed by atoms with Crippen molar-refractivity contribution in [1.29, 1.82) is 0 Å². The van der Waals surface area contributed by atoms with Crippen molar-refractivity contribution in [3.63, 3.8) is 0 Å². The summed E-state index contributed by atoms with van der Waals surface area (Å²) in [6, 6.07) is 3.70. The molecule has 70 valence electrons. The van der Waals surface area contributed by atoms with E-state index in [0.717, 1.165) is 23.2 Å². The number of hydrogen-bond donors (Lipinski definition) is 1. The molecular formula is C9H10BrNO2. The van der Waals surface area contributed by atoms with Gasteiger partial charge < -0.3 is 9.84 Å². The molecule has 13 heavy (non-hydrogen) atoms. The highest BCUT2D eigenvalue weighted by Crippen LogP contribution is 2.25. The first-order chi connectivity index (χ1) is 6.24. The van der Waals surface area contributed by atoms with Gasteiger partial charge >= 0.3 is 0 Å². The molecule has 0 aliphatic heterocycles. The molecule has 0 radical (unpaired) electrons. The zero-order chi connectivity index (χ0) is 9.26. The fourth-order valence-electron chi connectivity index (χ4n) is 1.26. The van der Waals surface area contributed by atoms with E-state index in [0.29, 0.717) is 0 Å². The summed E-state index contributed by atoms with van der Waals surface area (Å²) in [6.45, 7) is 0. The van der Waals surface area contributed by atoms with Gasteiger partial charge in [0, 0.05) is 12.8 Å². The minimum absolute atomic E-state index is 0.165. The molecule has 0 amide bonds. The molecule has 1 N–H and O–H groups in total. The third-order valence-electron chi connectivity index (χ3n) is 2.07. The monoisotopic (exact) mass is 243 g/mol. The average molecular weight is 244 g/mol. The molecule has 0 saturated heterocycles. The summed E-state index contributed by atoms with van der Waals surface area (Å²) in [4.78, 5) is 4.04. The van der Waals surface area contributed by atoms with E-state index in [9.17, 15) is 0 Å². The van der Waals surface area contributed by atoms with E-state index in [-0.39, 0.29) is 12.2 Å². The molecule has 1 aromatic heterocycles. The molecule has 1 aliphatic rings. The highest BCUT2D eigenvalue weighted by molar-refractivity contribution is 9.10. The average Bonchev–Trinajstić information content (AvgIpc) is 2.06. The maximum absolute atomic E-state index is 9.04. The summed E-state index contributed by atoms with van der Waals surface area (Å²) in [5, 5.41) is 9.04. The fraction of sp³-hybridized carbons (Fsp3) is 0.444. The maximum atomic E-state index is 9.04. The van der Waals surface area contributed by atoms with Crippen molar-refractivity contribution in [2.75, 3.05) is 0 Å². The summed E-state index contributed by atoms with van der Waals surface area (Å²) in [6.07, 6.45) is 3.13. The molecule has 1 aliphatic carbocycles. The first-order valence-electron chi connectivity index (χ1n) is 4.20. The van der Waals surface area contributed by atoms with E-state index < -0.39 is 0 Å². The van der Waals surface area contributed by atoms with E-state index in [1.807, 2.05) is 12.1 Å². The largest absolute Gasteiger partial charge is 0.489 e. The predicted octanol–water partition coefficient (Wildman–Crippen LogP) is 1.75. The van der Waals surface area contributed by atoms with Crippen molar-refractivity contribution < 1.29 is 9.84 Å². The van der Waals surface area contributed by atoms with Crippen LogP contribution >= 0.6 is 15.9 Å². The van der Waals surface area contributed by atoms with E-state index in [1.54, 1.807) is 6.20 Å². The Bertz CT molecular complexity index is 282. The van der Waals surface area contributed by atoms with Gasteiger partial charge in [0.25, 0.3) is 0 Å². The number of aromatic nitrogens is 1. The second kappa shape index (κ2) is 3.64. The van der Waals surface area contributed by atoms with E-state index in [2.05, 4.69) is 20.9 Å². The Hall–Kier alpha value is -0.610. The Morgan fingerprint density at radius 2 is 2.23 bits per heavy atom. The Morgan fingerprint density at radius 3 is 2.77 bits per heavy atom. The number of halogens is 1. The van der Waals surface area contributed by atoms with Crippen molar-refractivity contribution in [3.05, 3.63) is 22.9 Å². The maximum Gasteiger partial charge on any atom is 0.138 e. The molecule has 2 rings (SSSR count). The van der Waals surface area contributed by atoms with E-state index in [1.165, 1.54) is 0 Å². The van der Waals surface area contributed by atoms with E-state index >= 15 is 0 Å². The van der Waals surface area contributed by atoms with Gasteiger partial charge in [-0.25, -0.2) is 4.98 Å². The Labute approximate surface area is 84.9 Å². The van der Waals surface area contributed by atoms with Gasteiger partial charge in [-0.3, -0.25) is 0 Å². The number of hydrogen-bond acceptors (Lipinski definition) is 3. The van der Waals surface area contributed by atoms with Gasteiger partial charge in [-0.05, 0) is 28.1 Å². The van der Waals surface area contributed by atoms with Gasteiger partial charge in [0.1, 0.15) is 16.5 Å². The molecule has 3 nitrogen and oxygen atoms in total. The lowest BCUT2D eigenvalue weighted by Crippen LogP contribution is -2.37. The van der Waals surface area contributed by atoms with Gasteiger partial charge in [-0.15, -0.1) is 0 Å². The zero-order valence-electron chi connectivity index (χ0n) is 6.98. The quantitative estimate of drug-likeness (QED) is 0.806. The number of aliphatic hydroxyl groups excluding tert-OH is 1. The van der Waals surface area contributed by atoms with Gasteiger partial charge in [-0.2, -0.15) is 0 Å². The molecule has 0 bridgehead atoms. The lowest BCUT2D eigenvalue weighted by Gasteiger charge is -2.31. The van der Waals surface area contributed by atoms with Crippen molar-refractivity contribution in [2.45, 2.75) is 25.0 Å². The molecule has 1 fully saturated rings. The summed E-state index contributed by atoms with van der Waals surface area (Å²) in [7, 11) is 0. The van der Waals surface area contributed by atoms with Gasteiger partial charge in [0.15, 0.2) is 0 Å².